The van der Waals surface area contributed by atoms with E-state index in [0.29, 0.717) is 5.03 Å². The standard InChI is InChI=1S/C10H13N3O3S2/c1-6(14)13-7(10(15)16)4-18-9-3-8(17-2)11-5-12-9/h3,5,7H,4H2,1-2H3,(H,13,14)(H,15,16)/t7-/m0/s1. The van der Waals surface area contributed by atoms with Crippen LogP contribution < -0.4 is 5.32 Å². The Morgan fingerprint density at radius 2 is 2.11 bits per heavy atom. The second-order valence-electron chi connectivity index (χ2n) is 3.30. The molecular formula is C10H13N3O3S2. The van der Waals surface area contributed by atoms with Gasteiger partial charge in [-0.25, -0.2) is 14.8 Å². The number of amides is 1. The van der Waals surface area contributed by atoms with E-state index in [1.54, 1.807) is 6.07 Å². The largest absolute Gasteiger partial charge is 0.480 e. The molecule has 98 valence electrons. The predicted molar refractivity (Wildman–Crippen MR) is 69.8 cm³/mol. The van der Waals surface area contributed by atoms with Crippen molar-refractivity contribution in [3.8, 4) is 0 Å². The van der Waals surface area contributed by atoms with Crippen LogP contribution in [0.4, 0.5) is 0 Å². The first kappa shape index (κ1) is 14.8. The minimum atomic E-state index is -1.06. The first-order valence-corrected chi connectivity index (χ1v) is 7.22. The van der Waals surface area contributed by atoms with Crippen molar-refractivity contribution in [1.29, 1.82) is 0 Å². The van der Waals surface area contributed by atoms with Gasteiger partial charge in [0.15, 0.2) is 0 Å². The number of carbonyl (C=O) groups excluding carboxylic acids is 1. The number of carbonyl (C=O) groups is 2. The molecule has 8 heteroatoms. The number of rotatable bonds is 6. The molecule has 0 aliphatic rings. The maximum atomic E-state index is 10.9. The number of carboxylic acids is 1. The highest BCUT2D eigenvalue weighted by atomic mass is 32.2. The van der Waals surface area contributed by atoms with Crippen molar-refractivity contribution in [2.24, 2.45) is 0 Å². The predicted octanol–water partition coefficient (Wildman–Crippen LogP) is 0.880. The van der Waals surface area contributed by atoms with Gasteiger partial charge in [-0.3, -0.25) is 4.79 Å². The van der Waals surface area contributed by atoms with E-state index in [4.69, 9.17) is 5.11 Å². The van der Waals surface area contributed by atoms with Gasteiger partial charge >= 0.3 is 5.97 Å². The van der Waals surface area contributed by atoms with Gasteiger partial charge in [-0.1, -0.05) is 0 Å². The number of carboxylic acid groups (broad SMARTS) is 1. The number of nitrogens with zero attached hydrogens (tertiary/aromatic N) is 2. The van der Waals surface area contributed by atoms with Gasteiger partial charge in [-0.15, -0.1) is 23.5 Å². The quantitative estimate of drug-likeness (QED) is 0.592. The van der Waals surface area contributed by atoms with Crippen molar-refractivity contribution in [2.45, 2.75) is 23.0 Å². The molecule has 0 fully saturated rings. The fourth-order valence-corrected chi connectivity index (χ4v) is 2.44. The molecule has 0 bridgehead atoms. The average Bonchev–Trinajstić information content (AvgIpc) is 2.34. The van der Waals surface area contributed by atoms with Gasteiger partial charge in [0.25, 0.3) is 0 Å². The van der Waals surface area contributed by atoms with E-state index in [9.17, 15) is 9.59 Å². The van der Waals surface area contributed by atoms with E-state index < -0.39 is 12.0 Å². The zero-order valence-corrected chi connectivity index (χ0v) is 11.5. The minimum Gasteiger partial charge on any atom is -0.480 e. The molecular weight excluding hydrogens is 274 g/mol. The summed E-state index contributed by atoms with van der Waals surface area (Å²) in [4.78, 5) is 29.8. The summed E-state index contributed by atoms with van der Waals surface area (Å²) in [6, 6.07) is 0.863. The Hall–Kier alpha value is -1.28. The maximum Gasteiger partial charge on any atom is 0.327 e. The first-order chi connectivity index (χ1) is 8.52. The van der Waals surface area contributed by atoms with Crippen molar-refractivity contribution < 1.29 is 14.7 Å². The molecule has 0 saturated carbocycles. The molecule has 0 aliphatic heterocycles. The van der Waals surface area contributed by atoms with E-state index in [1.807, 2.05) is 6.26 Å². The number of nitrogens with one attached hydrogen (secondary N) is 1. The lowest BCUT2D eigenvalue weighted by Gasteiger charge is -2.12. The molecule has 6 nitrogen and oxygen atoms in total. The van der Waals surface area contributed by atoms with Crippen molar-refractivity contribution >= 4 is 35.4 Å². The molecule has 1 aromatic heterocycles. The van der Waals surface area contributed by atoms with Crippen LogP contribution in [0.25, 0.3) is 0 Å². The summed E-state index contributed by atoms with van der Waals surface area (Å²) in [7, 11) is 0. The van der Waals surface area contributed by atoms with Gasteiger partial charge in [0.2, 0.25) is 5.91 Å². The normalized spacial score (nSPS) is 11.9. The van der Waals surface area contributed by atoms with Crippen LogP contribution in [0.3, 0.4) is 0 Å². The van der Waals surface area contributed by atoms with E-state index >= 15 is 0 Å². The average molecular weight is 287 g/mol. The molecule has 0 radical (unpaired) electrons. The maximum absolute atomic E-state index is 10.9. The molecule has 0 unspecified atom stereocenters. The van der Waals surface area contributed by atoms with Gasteiger partial charge in [-0.05, 0) is 6.26 Å². The summed E-state index contributed by atoms with van der Waals surface area (Å²) in [5.41, 5.74) is 0. The smallest absolute Gasteiger partial charge is 0.327 e. The summed E-state index contributed by atoms with van der Waals surface area (Å²) >= 11 is 2.75. The molecule has 0 aromatic carbocycles. The second kappa shape index (κ2) is 7.22. The molecule has 1 atom stereocenters. The molecule has 1 amide bonds. The van der Waals surface area contributed by atoms with Crippen molar-refractivity contribution in [2.75, 3.05) is 12.0 Å². The monoisotopic (exact) mass is 287 g/mol. The molecule has 18 heavy (non-hydrogen) atoms. The van der Waals surface area contributed by atoms with Crippen LogP contribution in [0.15, 0.2) is 22.4 Å². The fourth-order valence-electron chi connectivity index (χ4n) is 1.10. The van der Waals surface area contributed by atoms with E-state index in [0.717, 1.165) is 5.03 Å². The summed E-state index contributed by atoms with van der Waals surface area (Å²) in [6.45, 7) is 1.29. The highest BCUT2D eigenvalue weighted by Gasteiger charge is 2.18. The van der Waals surface area contributed by atoms with Crippen LogP contribution in [0.2, 0.25) is 0 Å². The Bertz CT molecular complexity index is 442. The third-order valence-corrected chi connectivity index (χ3v) is 3.56. The van der Waals surface area contributed by atoms with E-state index in [1.165, 1.54) is 36.8 Å². The van der Waals surface area contributed by atoms with Crippen LogP contribution in [-0.4, -0.2) is 45.0 Å². The Morgan fingerprint density at radius 3 is 2.67 bits per heavy atom. The lowest BCUT2D eigenvalue weighted by Crippen LogP contribution is -2.41. The summed E-state index contributed by atoms with van der Waals surface area (Å²) in [5, 5.41) is 12.8. The summed E-state index contributed by atoms with van der Waals surface area (Å²) in [6.07, 6.45) is 3.33. The van der Waals surface area contributed by atoms with Gasteiger partial charge in [-0.2, -0.15) is 0 Å². The van der Waals surface area contributed by atoms with Crippen molar-refractivity contribution in [1.82, 2.24) is 15.3 Å². The van der Waals surface area contributed by atoms with Gasteiger partial charge in [0.05, 0.1) is 0 Å². The SMILES string of the molecule is CSc1cc(SC[C@H](NC(C)=O)C(=O)O)ncn1. The minimum absolute atomic E-state index is 0.222. The molecule has 1 rings (SSSR count). The zero-order valence-electron chi connectivity index (χ0n) is 9.91. The number of thioether (sulfide) groups is 2. The number of aliphatic carboxylic acids is 1. The third kappa shape index (κ3) is 4.92. The highest BCUT2D eigenvalue weighted by molar-refractivity contribution is 7.99. The Morgan fingerprint density at radius 1 is 1.44 bits per heavy atom. The molecule has 0 spiro atoms. The second-order valence-corrected chi connectivity index (χ2v) is 5.17. The van der Waals surface area contributed by atoms with Crippen molar-refractivity contribution in [3.63, 3.8) is 0 Å². The third-order valence-electron chi connectivity index (χ3n) is 1.90. The molecule has 2 N–H and O–H groups in total. The van der Waals surface area contributed by atoms with E-state index in [2.05, 4.69) is 15.3 Å². The summed E-state index contributed by atoms with van der Waals surface area (Å²) < 4.78 is 0. The van der Waals surface area contributed by atoms with Gasteiger partial charge < -0.3 is 10.4 Å². The van der Waals surface area contributed by atoms with Crippen LogP contribution in [0.5, 0.6) is 0 Å². The fraction of sp³-hybridized carbons (Fsp3) is 0.400. The van der Waals surface area contributed by atoms with E-state index in [-0.39, 0.29) is 11.7 Å². The van der Waals surface area contributed by atoms with Crippen LogP contribution >= 0.6 is 23.5 Å². The topological polar surface area (TPSA) is 92.2 Å². The molecule has 1 heterocycles. The van der Waals surface area contributed by atoms with Crippen LogP contribution in [-0.2, 0) is 9.59 Å². The molecule has 0 aliphatic carbocycles. The Balaban J connectivity index is 2.60. The summed E-state index contributed by atoms with van der Waals surface area (Å²) in [5.74, 6) is -1.20. The van der Waals surface area contributed by atoms with Crippen LogP contribution in [0, 0.1) is 0 Å². The van der Waals surface area contributed by atoms with Crippen LogP contribution in [0.1, 0.15) is 6.92 Å². The first-order valence-electron chi connectivity index (χ1n) is 5.01. The number of hydrogen-bond donors (Lipinski definition) is 2. The molecule has 1 aromatic rings. The van der Waals surface area contributed by atoms with Gasteiger partial charge in [0, 0.05) is 18.7 Å². The highest BCUT2D eigenvalue weighted by Crippen LogP contribution is 2.20. The Kier molecular flexibility index (Phi) is 5.93. The lowest BCUT2D eigenvalue weighted by atomic mass is 10.3. The van der Waals surface area contributed by atoms with Crippen molar-refractivity contribution in [3.05, 3.63) is 12.4 Å². The lowest BCUT2D eigenvalue weighted by molar-refractivity contribution is -0.140. The zero-order chi connectivity index (χ0) is 13.5. The number of aromatic nitrogens is 2. The number of hydrogen-bond acceptors (Lipinski definition) is 6. The van der Waals surface area contributed by atoms with Gasteiger partial charge in [0.1, 0.15) is 22.4 Å². The molecule has 0 saturated heterocycles. The Labute approximate surface area is 113 Å².